The van der Waals surface area contributed by atoms with E-state index in [0.29, 0.717) is 22.0 Å². The maximum absolute atomic E-state index is 12.5. The van der Waals surface area contributed by atoms with Gasteiger partial charge in [0.15, 0.2) is 6.61 Å². The lowest BCUT2D eigenvalue weighted by Crippen LogP contribution is -2.35. The molecule has 0 bridgehead atoms. The predicted octanol–water partition coefficient (Wildman–Crippen LogP) is 4.35. The smallest absolute Gasteiger partial charge is 0.326 e. The molecule has 1 fully saturated rings. The summed E-state index contributed by atoms with van der Waals surface area (Å²) >= 11 is 6.57. The van der Waals surface area contributed by atoms with Crippen molar-refractivity contribution in [2.75, 3.05) is 18.5 Å². The van der Waals surface area contributed by atoms with Crippen LogP contribution in [0.15, 0.2) is 53.4 Å². The Morgan fingerprint density at radius 3 is 2.39 bits per heavy atom. The van der Waals surface area contributed by atoms with Gasteiger partial charge in [0.25, 0.3) is 17.1 Å². The molecule has 8 nitrogen and oxygen atoms in total. The van der Waals surface area contributed by atoms with E-state index in [9.17, 15) is 19.2 Å². The third kappa shape index (κ3) is 7.10. The van der Waals surface area contributed by atoms with Gasteiger partial charge in [0.2, 0.25) is 0 Å². The topological polar surface area (TPSA) is 102 Å². The Labute approximate surface area is 199 Å². The standard InChI is InChI=1S/C23H21ClN2O6S/c1-14(2)32-21(28)12-26-22(29)19(33-23(26)30)11-15-3-9-18(10-4-15)31-13-20(27)25-17-7-5-16(24)6-8-17/h3-11,14H,12-13H2,1-2H3,(H,25,27)/b19-11-. The summed E-state index contributed by atoms with van der Waals surface area (Å²) in [6.07, 6.45) is 1.22. The number of thioether (sulfide) groups is 1. The Balaban J connectivity index is 1.54. The summed E-state index contributed by atoms with van der Waals surface area (Å²) in [7, 11) is 0. The molecule has 3 amide bonds. The zero-order valence-electron chi connectivity index (χ0n) is 17.9. The molecule has 0 saturated carbocycles. The molecule has 10 heteroatoms. The molecule has 0 aromatic heterocycles. The number of carbonyl (C=O) groups excluding carboxylic acids is 4. The van der Waals surface area contributed by atoms with Crippen LogP contribution < -0.4 is 10.1 Å². The fourth-order valence-electron chi connectivity index (χ4n) is 2.76. The van der Waals surface area contributed by atoms with Gasteiger partial charge in [-0.15, -0.1) is 0 Å². The van der Waals surface area contributed by atoms with Crippen molar-refractivity contribution in [1.29, 1.82) is 0 Å². The monoisotopic (exact) mass is 488 g/mol. The zero-order chi connectivity index (χ0) is 24.0. The van der Waals surface area contributed by atoms with Gasteiger partial charge in [0, 0.05) is 10.7 Å². The Hall–Kier alpha value is -3.30. The van der Waals surface area contributed by atoms with Crippen molar-refractivity contribution in [1.82, 2.24) is 4.90 Å². The molecule has 1 heterocycles. The molecule has 0 unspecified atom stereocenters. The first kappa shape index (κ1) is 24.3. The van der Waals surface area contributed by atoms with E-state index in [1.165, 1.54) is 0 Å². The average molecular weight is 489 g/mol. The third-order valence-corrected chi connectivity index (χ3v) is 5.36. The molecule has 0 aliphatic carbocycles. The van der Waals surface area contributed by atoms with Crippen molar-refractivity contribution in [2.45, 2.75) is 20.0 Å². The van der Waals surface area contributed by atoms with E-state index >= 15 is 0 Å². The van der Waals surface area contributed by atoms with E-state index in [4.69, 9.17) is 21.1 Å². The van der Waals surface area contributed by atoms with Crippen LogP contribution in [0, 0.1) is 0 Å². The Morgan fingerprint density at radius 1 is 1.09 bits per heavy atom. The van der Waals surface area contributed by atoms with E-state index < -0.39 is 23.7 Å². The average Bonchev–Trinajstić information content (AvgIpc) is 3.01. The number of ether oxygens (including phenoxy) is 2. The molecule has 1 saturated heterocycles. The summed E-state index contributed by atoms with van der Waals surface area (Å²) in [6.45, 7) is 2.76. The maximum atomic E-state index is 12.5. The van der Waals surface area contributed by atoms with Gasteiger partial charge < -0.3 is 14.8 Å². The van der Waals surface area contributed by atoms with Gasteiger partial charge in [-0.3, -0.25) is 24.1 Å². The van der Waals surface area contributed by atoms with E-state index in [-0.39, 0.29) is 23.5 Å². The Morgan fingerprint density at radius 2 is 1.76 bits per heavy atom. The van der Waals surface area contributed by atoms with Crippen molar-refractivity contribution in [3.8, 4) is 5.75 Å². The number of amides is 3. The quantitative estimate of drug-likeness (QED) is 0.435. The molecule has 3 rings (SSSR count). The van der Waals surface area contributed by atoms with Crippen LogP contribution in [0.3, 0.4) is 0 Å². The summed E-state index contributed by atoms with van der Waals surface area (Å²) in [5.74, 6) is -1.06. The first-order chi connectivity index (χ1) is 15.7. The number of imide groups is 1. The number of halogens is 1. The maximum Gasteiger partial charge on any atom is 0.326 e. The number of carbonyl (C=O) groups is 4. The number of hydrogen-bond donors (Lipinski definition) is 1. The van der Waals surface area contributed by atoms with Gasteiger partial charge in [-0.05, 0) is 73.6 Å². The number of hydrogen-bond acceptors (Lipinski definition) is 7. The first-order valence-electron chi connectivity index (χ1n) is 9.94. The number of nitrogens with zero attached hydrogens (tertiary/aromatic N) is 1. The van der Waals surface area contributed by atoms with Crippen LogP contribution in [-0.2, 0) is 19.1 Å². The number of anilines is 1. The highest BCUT2D eigenvalue weighted by atomic mass is 35.5. The van der Waals surface area contributed by atoms with Crippen LogP contribution in [0.5, 0.6) is 5.75 Å². The molecule has 33 heavy (non-hydrogen) atoms. The van der Waals surface area contributed by atoms with Gasteiger partial charge in [-0.25, -0.2) is 0 Å². The van der Waals surface area contributed by atoms with Crippen LogP contribution in [0.4, 0.5) is 10.5 Å². The molecular formula is C23H21ClN2O6S. The lowest BCUT2D eigenvalue weighted by molar-refractivity contribution is -0.149. The highest BCUT2D eigenvalue weighted by Crippen LogP contribution is 2.32. The van der Waals surface area contributed by atoms with Gasteiger partial charge in [0.1, 0.15) is 12.3 Å². The van der Waals surface area contributed by atoms with Crippen molar-refractivity contribution in [3.05, 3.63) is 64.0 Å². The van der Waals surface area contributed by atoms with Crippen LogP contribution >= 0.6 is 23.4 Å². The predicted molar refractivity (Wildman–Crippen MR) is 126 cm³/mol. The Bertz CT molecular complexity index is 1080. The minimum Gasteiger partial charge on any atom is -0.484 e. The van der Waals surface area contributed by atoms with Crippen LogP contribution in [0.25, 0.3) is 6.08 Å². The number of esters is 1. The number of rotatable bonds is 8. The molecule has 0 radical (unpaired) electrons. The van der Waals surface area contributed by atoms with Gasteiger partial charge in [-0.1, -0.05) is 23.7 Å². The molecule has 1 aliphatic heterocycles. The lowest BCUT2D eigenvalue weighted by Gasteiger charge is -2.13. The summed E-state index contributed by atoms with van der Waals surface area (Å²) in [6, 6.07) is 13.4. The molecule has 1 aliphatic rings. The van der Waals surface area contributed by atoms with Gasteiger partial charge in [-0.2, -0.15) is 0 Å². The van der Waals surface area contributed by atoms with Crippen molar-refractivity contribution in [2.24, 2.45) is 0 Å². The third-order valence-electron chi connectivity index (χ3n) is 4.20. The van der Waals surface area contributed by atoms with Gasteiger partial charge >= 0.3 is 5.97 Å². The van der Waals surface area contributed by atoms with Crippen molar-refractivity contribution >= 4 is 58.1 Å². The first-order valence-corrected chi connectivity index (χ1v) is 11.1. The molecule has 0 atom stereocenters. The van der Waals surface area contributed by atoms with Crippen LogP contribution in [-0.4, -0.2) is 47.2 Å². The summed E-state index contributed by atoms with van der Waals surface area (Å²) in [5.41, 5.74) is 1.26. The van der Waals surface area contributed by atoms with E-state index in [2.05, 4.69) is 5.32 Å². The van der Waals surface area contributed by atoms with Crippen molar-refractivity contribution in [3.63, 3.8) is 0 Å². The normalized spacial score (nSPS) is 14.7. The molecule has 1 N–H and O–H groups in total. The highest BCUT2D eigenvalue weighted by Gasteiger charge is 2.36. The van der Waals surface area contributed by atoms with Crippen molar-refractivity contribution < 1.29 is 28.7 Å². The minimum absolute atomic E-state index is 0.187. The molecule has 2 aromatic carbocycles. The zero-order valence-corrected chi connectivity index (χ0v) is 19.4. The second kappa shape index (κ2) is 11.0. The molecule has 2 aromatic rings. The lowest BCUT2D eigenvalue weighted by atomic mass is 10.2. The van der Waals surface area contributed by atoms with Crippen LogP contribution in [0.1, 0.15) is 19.4 Å². The molecular weight excluding hydrogens is 468 g/mol. The minimum atomic E-state index is -0.643. The molecule has 0 spiro atoms. The fourth-order valence-corrected chi connectivity index (χ4v) is 3.72. The molecule has 172 valence electrons. The largest absolute Gasteiger partial charge is 0.484 e. The highest BCUT2D eigenvalue weighted by molar-refractivity contribution is 8.18. The second-order valence-corrected chi connectivity index (χ2v) is 8.65. The van der Waals surface area contributed by atoms with E-state index in [1.807, 2.05) is 0 Å². The number of benzene rings is 2. The van der Waals surface area contributed by atoms with E-state index in [0.717, 1.165) is 16.7 Å². The SMILES string of the molecule is CC(C)OC(=O)CN1C(=O)S/C(=C\c2ccc(OCC(=O)Nc3ccc(Cl)cc3)cc2)C1=O. The summed E-state index contributed by atoms with van der Waals surface area (Å²) < 4.78 is 10.5. The summed E-state index contributed by atoms with van der Waals surface area (Å²) in [4.78, 5) is 49.5. The fraction of sp³-hybridized carbons (Fsp3) is 0.217. The number of nitrogens with one attached hydrogen (secondary N) is 1. The van der Waals surface area contributed by atoms with Gasteiger partial charge in [0.05, 0.1) is 11.0 Å². The summed E-state index contributed by atoms with van der Waals surface area (Å²) in [5, 5.41) is 2.74. The van der Waals surface area contributed by atoms with E-state index in [1.54, 1.807) is 68.5 Å². The Kier molecular flexibility index (Phi) is 8.13. The second-order valence-electron chi connectivity index (χ2n) is 7.22. The van der Waals surface area contributed by atoms with Crippen LogP contribution in [0.2, 0.25) is 5.02 Å².